The van der Waals surface area contributed by atoms with E-state index in [0.29, 0.717) is 24.1 Å². The van der Waals surface area contributed by atoms with Gasteiger partial charge in [-0.15, -0.1) is 0 Å². The van der Waals surface area contributed by atoms with E-state index in [-0.39, 0.29) is 33.8 Å². The lowest BCUT2D eigenvalue weighted by atomic mass is 10.1. The van der Waals surface area contributed by atoms with Gasteiger partial charge in [0.1, 0.15) is 16.8 Å². The van der Waals surface area contributed by atoms with E-state index in [4.69, 9.17) is 20.8 Å². The molecule has 5 nitrogen and oxygen atoms in total. The van der Waals surface area contributed by atoms with Crippen LogP contribution in [0.25, 0.3) is 11.0 Å². The van der Waals surface area contributed by atoms with Gasteiger partial charge in [-0.05, 0) is 49.2 Å². The molecular weight excluding hydrogens is 463 g/mol. The molecule has 1 N–H and O–H groups in total. The fourth-order valence-electron chi connectivity index (χ4n) is 3.14. The van der Waals surface area contributed by atoms with Crippen LogP contribution < -0.4 is 10.9 Å². The lowest BCUT2D eigenvalue weighted by Crippen LogP contribution is -2.34. The van der Waals surface area contributed by atoms with Crippen molar-refractivity contribution >= 4 is 50.1 Å². The molecule has 0 saturated carbocycles. The van der Waals surface area contributed by atoms with Gasteiger partial charge in [0, 0.05) is 23.0 Å². The van der Waals surface area contributed by atoms with Crippen LogP contribution in [0.3, 0.4) is 0 Å². The third kappa shape index (κ3) is 4.52. The standard InChI is InChI=1S/C21H17BrClFN2O3/c22-13-6-7-18-12(9-13)10-15(20(27)25-11-14-3-2-8-28-14)21(29-18)26-17-5-1-4-16(23)19(17)24/h1,4-7,9-10,14H,2-3,8,11H2,(H,25,27). The number of carbonyl (C=O) groups excluding carboxylic acids is 1. The Kier molecular flexibility index (Phi) is 5.99. The first-order valence-corrected chi connectivity index (χ1v) is 10.3. The van der Waals surface area contributed by atoms with Crippen molar-refractivity contribution in [1.29, 1.82) is 0 Å². The van der Waals surface area contributed by atoms with Gasteiger partial charge < -0.3 is 14.5 Å². The molecule has 1 aliphatic heterocycles. The van der Waals surface area contributed by atoms with Crippen molar-refractivity contribution in [2.75, 3.05) is 13.2 Å². The minimum absolute atomic E-state index is 0.00347. The third-order valence-electron chi connectivity index (χ3n) is 4.62. The zero-order valence-electron chi connectivity index (χ0n) is 15.3. The van der Waals surface area contributed by atoms with Gasteiger partial charge >= 0.3 is 0 Å². The van der Waals surface area contributed by atoms with Crippen LogP contribution in [0.5, 0.6) is 0 Å². The average molecular weight is 480 g/mol. The lowest BCUT2D eigenvalue weighted by molar-refractivity contribution is 0.0854. The molecule has 150 valence electrons. The second-order valence-electron chi connectivity index (χ2n) is 6.68. The molecule has 0 aliphatic carbocycles. The predicted octanol–water partition coefficient (Wildman–Crippen LogP) is 5.13. The van der Waals surface area contributed by atoms with Crippen LogP contribution in [-0.4, -0.2) is 25.2 Å². The summed E-state index contributed by atoms with van der Waals surface area (Å²) in [5.74, 6) is -1.04. The summed E-state index contributed by atoms with van der Waals surface area (Å²) in [6.45, 7) is 1.09. The number of rotatable bonds is 4. The Morgan fingerprint density at radius 2 is 2.17 bits per heavy atom. The molecule has 0 bridgehead atoms. The van der Waals surface area contributed by atoms with E-state index < -0.39 is 5.82 Å². The van der Waals surface area contributed by atoms with Crippen LogP contribution in [0.4, 0.5) is 10.1 Å². The fraction of sp³-hybridized carbons (Fsp3) is 0.238. The summed E-state index contributed by atoms with van der Waals surface area (Å²) in [6.07, 6.45) is 1.88. The van der Waals surface area contributed by atoms with Gasteiger partial charge in [-0.3, -0.25) is 4.79 Å². The van der Waals surface area contributed by atoms with E-state index >= 15 is 0 Å². The van der Waals surface area contributed by atoms with Crippen LogP contribution in [0.2, 0.25) is 5.02 Å². The van der Waals surface area contributed by atoms with Gasteiger partial charge in [0.05, 0.1) is 11.1 Å². The molecule has 2 aromatic carbocycles. The smallest absolute Gasteiger partial charge is 0.256 e. The molecule has 1 saturated heterocycles. The third-order valence-corrected chi connectivity index (χ3v) is 5.41. The number of amides is 1. The Bertz CT molecular complexity index is 1140. The fourth-order valence-corrected chi connectivity index (χ4v) is 3.69. The summed E-state index contributed by atoms with van der Waals surface area (Å²) in [5.41, 5.74) is 0.717. The van der Waals surface area contributed by atoms with Crippen molar-refractivity contribution in [3.8, 4) is 0 Å². The number of carbonyl (C=O) groups is 1. The zero-order valence-corrected chi connectivity index (χ0v) is 17.6. The van der Waals surface area contributed by atoms with Crippen molar-refractivity contribution in [2.24, 2.45) is 4.99 Å². The first-order chi connectivity index (χ1) is 14.0. The van der Waals surface area contributed by atoms with Crippen LogP contribution in [0, 0.1) is 5.82 Å². The van der Waals surface area contributed by atoms with Gasteiger partial charge in [-0.25, -0.2) is 9.38 Å². The van der Waals surface area contributed by atoms with Crippen molar-refractivity contribution in [3.63, 3.8) is 0 Å². The summed E-state index contributed by atoms with van der Waals surface area (Å²) in [6, 6.07) is 11.6. The SMILES string of the molecule is O=C(NCC1CCCO1)c1cc2cc(Br)ccc2oc1=Nc1cccc(Cl)c1F. The Labute approximate surface area is 179 Å². The van der Waals surface area contributed by atoms with Gasteiger partial charge in [-0.2, -0.15) is 0 Å². The molecule has 1 aliphatic rings. The highest BCUT2D eigenvalue weighted by atomic mass is 79.9. The van der Waals surface area contributed by atoms with Gasteiger partial charge in [-0.1, -0.05) is 33.6 Å². The maximum Gasteiger partial charge on any atom is 0.256 e. The van der Waals surface area contributed by atoms with Crippen molar-refractivity contribution in [2.45, 2.75) is 18.9 Å². The first kappa shape index (κ1) is 20.1. The number of ether oxygens (including phenoxy) is 1. The lowest BCUT2D eigenvalue weighted by Gasteiger charge is -2.11. The molecule has 1 fully saturated rings. The predicted molar refractivity (Wildman–Crippen MR) is 112 cm³/mol. The molecule has 2 heterocycles. The maximum absolute atomic E-state index is 14.3. The molecule has 1 atom stereocenters. The molecule has 3 aromatic rings. The summed E-state index contributed by atoms with van der Waals surface area (Å²) < 4.78 is 26.6. The Hall–Kier alpha value is -2.22. The van der Waals surface area contributed by atoms with Crippen LogP contribution in [-0.2, 0) is 4.74 Å². The minimum Gasteiger partial charge on any atom is -0.438 e. The quantitative estimate of drug-likeness (QED) is 0.564. The van der Waals surface area contributed by atoms with Crippen LogP contribution >= 0.6 is 27.5 Å². The molecular formula is C21H17BrClFN2O3. The van der Waals surface area contributed by atoms with Gasteiger partial charge in [0.2, 0.25) is 5.55 Å². The van der Waals surface area contributed by atoms with Crippen molar-refractivity contribution in [1.82, 2.24) is 5.32 Å². The molecule has 4 rings (SSSR count). The summed E-state index contributed by atoms with van der Waals surface area (Å²) in [7, 11) is 0. The molecule has 1 amide bonds. The van der Waals surface area contributed by atoms with Crippen molar-refractivity contribution < 1.29 is 18.3 Å². The van der Waals surface area contributed by atoms with Crippen LogP contribution in [0.15, 0.2) is 56.3 Å². The average Bonchev–Trinajstić information content (AvgIpc) is 3.23. The monoisotopic (exact) mass is 478 g/mol. The highest BCUT2D eigenvalue weighted by molar-refractivity contribution is 9.10. The number of nitrogens with zero attached hydrogens (tertiary/aromatic N) is 1. The second-order valence-corrected chi connectivity index (χ2v) is 8.00. The van der Waals surface area contributed by atoms with E-state index in [1.165, 1.54) is 12.1 Å². The summed E-state index contributed by atoms with van der Waals surface area (Å²) in [4.78, 5) is 17.1. The molecule has 8 heteroatoms. The van der Waals surface area contributed by atoms with E-state index in [0.717, 1.165) is 17.3 Å². The second kappa shape index (κ2) is 8.65. The number of halogens is 3. The number of hydrogen-bond acceptors (Lipinski definition) is 4. The number of benzene rings is 2. The summed E-state index contributed by atoms with van der Waals surface area (Å²) >= 11 is 9.27. The zero-order chi connectivity index (χ0) is 20.4. The molecule has 0 spiro atoms. The maximum atomic E-state index is 14.3. The Morgan fingerprint density at radius 3 is 2.97 bits per heavy atom. The highest BCUT2D eigenvalue weighted by Crippen LogP contribution is 2.25. The number of nitrogens with one attached hydrogen (secondary N) is 1. The normalized spacial score (nSPS) is 17.1. The number of fused-ring (bicyclic) bond motifs is 1. The van der Waals surface area contributed by atoms with E-state index in [1.807, 2.05) is 12.1 Å². The van der Waals surface area contributed by atoms with Gasteiger partial charge in [0.25, 0.3) is 5.91 Å². The van der Waals surface area contributed by atoms with E-state index in [9.17, 15) is 9.18 Å². The minimum atomic E-state index is -0.675. The largest absolute Gasteiger partial charge is 0.438 e. The number of hydrogen-bond donors (Lipinski definition) is 1. The molecule has 0 radical (unpaired) electrons. The van der Waals surface area contributed by atoms with Gasteiger partial charge in [0.15, 0.2) is 5.82 Å². The van der Waals surface area contributed by atoms with E-state index in [2.05, 4.69) is 26.2 Å². The summed E-state index contributed by atoms with van der Waals surface area (Å²) in [5, 5.41) is 3.52. The Morgan fingerprint density at radius 1 is 1.31 bits per heavy atom. The highest BCUT2D eigenvalue weighted by Gasteiger charge is 2.19. The Balaban J connectivity index is 1.79. The van der Waals surface area contributed by atoms with Crippen molar-refractivity contribution in [3.05, 3.63) is 68.9 Å². The topological polar surface area (TPSA) is 63.8 Å². The van der Waals surface area contributed by atoms with Crippen LogP contribution in [0.1, 0.15) is 23.2 Å². The molecule has 29 heavy (non-hydrogen) atoms. The molecule has 1 aromatic heterocycles. The first-order valence-electron chi connectivity index (χ1n) is 9.13. The van der Waals surface area contributed by atoms with E-state index in [1.54, 1.807) is 18.2 Å². The molecule has 1 unspecified atom stereocenters.